The van der Waals surface area contributed by atoms with Crippen LogP contribution in [-0.2, 0) is 0 Å². The van der Waals surface area contributed by atoms with Gasteiger partial charge in [-0.25, -0.2) is 4.79 Å². The molecule has 2 aromatic heterocycles. The first-order valence-corrected chi connectivity index (χ1v) is 5.99. The molecule has 0 aliphatic heterocycles. The molecular weight excluding hydrogens is 252 g/mol. The molecule has 2 aromatic rings. The molecule has 0 radical (unpaired) electrons. The van der Waals surface area contributed by atoms with Crippen molar-refractivity contribution in [2.75, 3.05) is 5.32 Å². The molecule has 0 saturated heterocycles. The summed E-state index contributed by atoms with van der Waals surface area (Å²) in [6.45, 7) is 1.84. The quantitative estimate of drug-likeness (QED) is 0.890. The van der Waals surface area contributed by atoms with Gasteiger partial charge in [0.25, 0.3) is 5.91 Å². The molecule has 2 rings (SSSR count). The van der Waals surface area contributed by atoms with Crippen LogP contribution in [0.5, 0.6) is 0 Å². The Morgan fingerprint density at radius 1 is 1.39 bits per heavy atom. The number of carboxylic acid groups (broad SMARTS) is 1. The normalized spacial score (nSPS) is 10.1. The minimum Gasteiger partial charge on any atom is -0.478 e. The SMILES string of the molecule is Cc1ccsc1C(=O)Nc1cncc(C(=O)O)c1. The van der Waals surface area contributed by atoms with Crippen molar-refractivity contribution in [1.82, 2.24) is 4.98 Å². The molecule has 5 nitrogen and oxygen atoms in total. The number of amides is 1. The second kappa shape index (κ2) is 4.97. The van der Waals surface area contributed by atoms with Crippen molar-refractivity contribution in [3.05, 3.63) is 45.9 Å². The number of nitrogens with zero attached hydrogens (tertiary/aromatic N) is 1. The van der Waals surface area contributed by atoms with Crippen LogP contribution < -0.4 is 5.32 Å². The maximum Gasteiger partial charge on any atom is 0.337 e. The lowest BCUT2D eigenvalue weighted by molar-refractivity contribution is 0.0696. The van der Waals surface area contributed by atoms with E-state index in [0.717, 1.165) is 5.56 Å². The zero-order valence-corrected chi connectivity index (χ0v) is 10.3. The van der Waals surface area contributed by atoms with E-state index < -0.39 is 5.97 Å². The molecule has 0 unspecified atom stereocenters. The summed E-state index contributed by atoms with van der Waals surface area (Å²) in [4.78, 5) is 27.1. The second-order valence-corrected chi connectivity index (χ2v) is 4.57. The largest absolute Gasteiger partial charge is 0.478 e. The van der Waals surface area contributed by atoms with E-state index in [2.05, 4.69) is 10.3 Å². The van der Waals surface area contributed by atoms with Gasteiger partial charge in [0.15, 0.2) is 0 Å². The molecule has 0 aliphatic rings. The number of thiophene rings is 1. The lowest BCUT2D eigenvalue weighted by Gasteiger charge is -2.04. The third kappa shape index (κ3) is 2.54. The van der Waals surface area contributed by atoms with Gasteiger partial charge in [-0.3, -0.25) is 9.78 Å². The highest BCUT2D eigenvalue weighted by atomic mass is 32.1. The lowest BCUT2D eigenvalue weighted by atomic mass is 10.2. The number of nitrogens with one attached hydrogen (secondary N) is 1. The van der Waals surface area contributed by atoms with Gasteiger partial charge >= 0.3 is 5.97 Å². The molecular formula is C12H10N2O3S. The highest BCUT2D eigenvalue weighted by Crippen LogP contribution is 2.18. The number of hydrogen-bond acceptors (Lipinski definition) is 4. The van der Waals surface area contributed by atoms with Crippen molar-refractivity contribution in [1.29, 1.82) is 0 Å². The topological polar surface area (TPSA) is 79.3 Å². The molecule has 0 bridgehead atoms. The second-order valence-electron chi connectivity index (χ2n) is 3.65. The first-order valence-electron chi connectivity index (χ1n) is 5.11. The first-order chi connectivity index (χ1) is 8.58. The van der Waals surface area contributed by atoms with E-state index in [-0.39, 0.29) is 11.5 Å². The number of rotatable bonds is 3. The van der Waals surface area contributed by atoms with Gasteiger partial charge in [-0.05, 0) is 30.0 Å². The summed E-state index contributed by atoms with van der Waals surface area (Å²) in [5, 5.41) is 13.3. The van der Waals surface area contributed by atoms with E-state index in [1.165, 1.54) is 29.8 Å². The van der Waals surface area contributed by atoms with Crippen LogP contribution in [0, 0.1) is 6.92 Å². The van der Waals surface area contributed by atoms with E-state index in [4.69, 9.17) is 5.11 Å². The Balaban J connectivity index is 2.20. The van der Waals surface area contributed by atoms with Crippen LogP contribution >= 0.6 is 11.3 Å². The van der Waals surface area contributed by atoms with Crippen molar-refractivity contribution in [2.45, 2.75) is 6.92 Å². The zero-order chi connectivity index (χ0) is 13.1. The first kappa shape index (κ1) is 12.3. The van der Waals surface area contributed by atoms with Crippen molar-refractivity contribution in [2.24, 2.45) is 0 Å². The standard InChI is InChI=1S/C12H10N2O3S/c1-7-2-3-18-10(7)11(15)14-9-4-8(12(16)17)5-13-6-9/h2-6H,1H3,(H,14,15)(H,16,17). The summed E-state index contributed by atoms with van der Waals surface area (Å²) in [6.07, 6.45) is 2.64. The smallest absolute Gasteiger partial charge is 0.337 e. The van der Waals surface area contributed by atoms with Crippen LogP contribution in [0.2, 0.25) is 0 Å². The molecule has 0 aromatic carbocycles. The number of carboxylic acids is 1. The van der Waals surface area contributed by atoms with Crippen LogP contribution in [0.25, 0.3) is 0 Å². The van der Waals surface area contributed by atoms with E-state index in [1.54, 1.807) is 0 Å². The number of carbonyl (C=O) groups is 2. The van der Waals surface area contributed by atoms with Gasteiger partial charge in [0.1, 0.15) is 0 Å². The molecule has 1 amide bonds. The fourth-order valence-corrected chi connectivity index (χ4v) is 2.24. The van der Waals surface area contributed by atoms with E-state index in [0.29, 0.717) is 10.6 Å². The van der Waals surface area contributed by atoms with Gasteiger partial charge in [-0.15, -0.1) is 11.3 Å². The molecule has 6 heteroatoms. The van der Waals surface area contributed by atoms with Crippen molar-refractivity contribution in [3.8, 4) is 0 Å². The average molecular weight is 262 g/mol. The summed E-state index contributed by atoms with van der Waals surface area (Å²) in [5.41, 5.74) is 1.29. The molecule has 2 N–H and O–H groups in total. The Morgan fingerprint density at radius 3 is 2.78 bits per heavy atom. The Morgan fingerprint density at radius 2 is 2.17 bits per heavy atom. The van der Waals surface area contributed by atoms with Crippen molar-refractivity contribution in [3.63, 3.8) is 0 Å². The van der Waals surface area contributed by atoms with Gasteiger partial charge in [0.05, 0.1) is 22.3 Å². The number of carbonyl (C=O) groups excluding carboxylic acids is 1. The maximum atomic E-state index is 11.9. The molecule has 92 valence electrons. The summed E-state index contributed by atoms with van der Waals surface area (Å²) >= 11 is 1.34. The molecule has 18 heavy (non-hydrogen) atoms. The summed E-state index contributed by atoms with van der Waals surface area (Å²) < 4.78 is 0. The number of hydrogen-bond donors (Lipinski definition) is 2. The molecule has 0 spiro atoms. The predicted molar refractivity (Wildman–Crippen MR) is 68.2 cm³/mol. The Bertz CT molecular complexity index is 607. The highest BCUT2D eigenvalue weighted by Gasteiger charge is 2.12. The van der Waals surface area contributed by atoms with Crippen LogP contribution in [0.3, 0.4) is 0 Å². The van der Waals surface area contributed by atoms with E-state index in [9.17, 15) is 9.59 Å². The van der Waals surface area contributed by atoms with Gasteiger partial charge in [-0.2, -0.15) is 0 Å². The van der Waals surface area contributed by atoms with Crippen LogP contribution in [0.4, 0.5) is 5.69 Å². The van der Waals surface area contributed by atoms with Gasteiger partial charge in [0, 0.05) is 6.20 Å². The predicted octanol–water partition coefficient (Wildman–Crippen LogP) is 2.40. The monoisotopic (exact) mass is 262 g/mol. The number of aromatic nitrogens is 1. The fraction of sp³-hybridized carbons (Fsp3) is 0.0833. The molecule has 0 atom stereocenters. The van der Waals surface area contributed by atoms with Crippen LogP contribution in [-0.4, -0.2) is 22.0 Å². The van der Waals surface area contributed by atoms with Crippen LogP contribution in [0.15, 0.2) is 29.9 Å². The maximum absolute atomic E-state index is 11.9. The summed E-state index contributed by atoms with van der Waals surface area (Å²) in [5.74, 6) is -1.34. The lowest BCUT2D eigenvalue weighted by Crippen LogP contribution is -2.12. The zero-order valence-electron chi connectivity index (χ0n) is 9.51. The summed E-state index contributed by atoms with van der Waals surface area (Å²) in [7, 11) is 0. The minimum absolute atomic E-state index is 0.0377. The highest BCUT2D eigenvalue weighted by molar-refractivity contribution is 7.12. The molecule has 2 heterocycles. The van der Waals surface area contributed by atoms with Gasteiger partial charge in [-0.1, -0.05) is 0 Å². The fourth-order valence-electron chi connectivity index (χ4n) is 1.42. The van der Waals surface area contributed by atoms with E-state index >= 15 is 0 Å². The third-order valence-corrected chi connectivity index (χ3v) is 3.33. The third-order valence-electron chi connectivity index (χ3n) is 2.31. The number of aryl methyl sites for hydroxylation is 1. The number of anilines is 1. The summed E-state index contributed by atoms with van der Waals surface area (Å²) in [6, 6.07) is 3.22. The van der Waals surface area contributed by atoms with E-state index in [1.807, 2.05) is 18.4 Å². The molecule has 0 saturated carbocycles. The van der Waals surface area contributed by atoms with Crippen molar-refractivity contribution >= 4 is 28.9 Å². The molecule has 0 aliphatic carbocycles. The Labute approximate surface area is 107 Å². The van der Waals surface area contributed by atoms with Gasteiger partial charge in [0.2, 0.25) is 0 Å². The van der Waals surface area contributed by atoms with Gasteiger partial charge < -0.3 is 10.4 Å². The number of pyridine rings is 1. The average Bonchev–Trinajstić information content (AvgIpc) is 2.76. The van der Waals surface area contributed by atoms with Crippen molar-refractivity contribution < 1.29 is 14.7 Å². The molecule has 0 fully saturated rings. The number of aromatic carboxylic acids is 1. The van der Waals surface area contributed by atoms with Crippen LogP contribution in [0.1, 0.15) is 25.6 Å². The Kier molecular flexibility index (Phi) is 3.38. The Hall–Kier alpha value is -2.21. The minimum atomic E-state index is -1.08.